The molecule has 1 aliphatic heterocycles. The summed E-state index contributed by atoms with van der Waals surface area (Å²) in [6.07, 6.45) is -2.46. The van der Waals surface area contributed by atoms with E-state index in [2.05, 4.69) is 36.4 Å². The van der Waals surface area contributed by atoms with Crippen LogP contribution in [0.25, 0.3) is 0 Å². The third-order valence-corrected chi connectivity index (χ3v) is 6.10. The normalized spacial score (nSPS) is 17.9. The Balaban J connectivity index is 0.00000480. The van der Waals surface area contributed by atoms with E-state index in [1.165, 1.54) is 4.90 Å². The second-order valence-corrected chi connectivity index (χ2v) is 9.85. The molecule has 31 heavy (non-hydrogen) atoms. The van der Waals surface area contributed by atoms with Gasteiger partial charge < -0.3 is 10.2 Å². The summed E-state index contributed by atoms with van der Waals surface area (Å²) in [6, 6.07) is 0. The molecule has 1 atom stereocenters. The zero-order chi connectivity index (χ0) is 22.4. The average molecular weight is 576 g/mol. The van der Waals surface area contributed by atoms with Crippen molar-refractivity contribution in [3.05, 3.63) is 16.1 Å². The van der Waals surface area contributed by atoms with Crippen LogP contribution in [0.4, 0.5) is 13.2 Å². The van der Waals surface area contributed by atoms with Crippen molar-refractivity contribution in [2.45, 2.75) is 59.1 Å². The number of aliphatic imine (C=N–C) groups is 1. The molecule has 5 nitrogen and oxygen atoms in total. The maximum atomic E-state index is 12.7. The fourth-order valence-corrected chi connectivity index (χ4v) is 4.57. The first-order valence-electron chi connectivity index (χ1n) is 10.8. The fourth-order valence-electron chi connectivity index (χ4n) is 3.55. The SMILES string of the molecule is CCNC(=NCCc1nc(C(C)(C)C)cs1)N1CCC(CN(CC)CC(F)(F)F)C1.I. The van der Waals surface area contributed by atoms with Crippen molar-refractivity contribution in [1.82, 2.24) is 20.1 Å². The van der Waals surface area contributed by atoms with Crippen LogP contribution in [0.3, 0.4) is 0 Å². The first-order valence-corrected chi connectivity index (χ1v) is 11.7. The Morgan fingerprint density at radius 2 is 2.03 bits per heavy atom. The number of halogens is 4. The molecule has 0 bridgehead atoms. The minimum atomic E-state index is -4.15. The van der Waals surface area contributed by atoms with Crippen molar-refractivity contribution in [2.24, 2.45) is 10.9 Å². The summed E-state index contributed by atoms with van der Waals surface area (Å²) in [7, 11) is 0. The molecule has 1 saturated heterocycles. The molecule has 0 amide bonds. The topological polar surface area (TPSA) is 43.8 Å². The maximum absolute atomic E-state index is 12.7. The standard InChI is InChI=1S/C21H36F3N5S.HI/c1-6-25-19(26-10-8-18-27-17(14-30-18)20(3,4)5)29-11-9-16(13-29)12-28(7-2)15-21(22,23)24;/h14,16H,6-13,15H2,1-5H3,(H,25,26);1H. The van der Waals surface area contributed by atoms with Crippen molar-refractivity contribution in [2.75, 3.05) is 45.8 Å². The molecule has 2 heterocycles. The molecule has 2 rings (SSSR count). The van der Waals surface area contributed by atoms with Crippen molar-refractivity contribution in [3.63, 3.8) is 0 Å². The van der Waals surface area contributed by atoms with E-state index in [1.807, 2.05) is 6.92 Å². The highest BCUT2D eigenvalue weighted by molar-refractivity contribution is 14.0. The van der Waals surface area contributed by atoms with E-state index in [0.717, 1.165) is 49.1 Å². The highest BCUT2D eigenvalue weighted by Crippen LogP contribution is 2.24. The van der Waals surface area contributed by atoms with Gasteiger partial charge in [0.15, 0.2) is 5.96 Å². The van der Waals surface area contributed by atoms with Crippen LogP contribution in [0.2, 0.25) is 0 Å². The van der Waals surface area contributed by atoms with E-state index < -0.39 is 12.7 Å². The lowest BCUT2D eigenvalue weighted by molar-refractivity contribution is -0.146. The summed E-state index contributed by atoms with van der Waals surface area (Å²) in [5.41, 5.74) is 1.16. The number of aromatic nitrogens is 1. The van der Waals surface area contributed by atoms with Crippen LogP contribution in [0.15, 0.2) is 10.4 Å². The van der Waals surface area contributed by atoms with E-state index in [9.17, 15) is 13.2 Å². The summed E-state index contributed by atoms with van der Waals surface area (Å²) < 4.78 is 38.2. The number of hydrogen-bond donors (Lipinski definition) is 1. The summed E-state index contributed by atoms with van der Waals surface area (Å²) in [5, 5.41) is 6.54. The Labute approximate surface area is 205 Å². The molecule has 0 aromatic carbocycles. The van der Waals surface area contributed by atoms with Gasteiger partial charge in [-0.25, -0.2) is 4.98 Å². The molecule has 1 aromatic rings. The van der Waals surface area contributed by atoms with Crippen LogP contribution in [0, 0.1) is 5.92 Å². The average Bonchev–Trinajstić information content (AvgIpc) is 3.28. The van der Waals surface area contributed by atoms with Gasteiger partial charge in [0.05, 0.1) is 17.2 Å². The largest absolute Gasteiger partial charge is 0.401 e. The van der Waals surface area contributed by atoms with Crippen molar-refractivity contribution in [3.8, 4) is 0 Å². The maximum Gasteiger partial charge on any atom is 0.401 e. The molecule has 10 heteroatoms. The van der Waals surface area contributed by atoms with Gasteiger partial charge in [0.2, 0.25) is 0 Å². The van der Waals surface area contributed by atoms with Crippen LogP contribution in [0.5, 0.6) is 0 Å². The predicted molar refractivity (Wildman–Crippen MR) is 134 cm³/mol. The third kappa shape index (κ3) is 9.81. The van der Waals surface area contributed by atoms with Gasteiger partial charge in [0, 0.05) is 49.9 Å². The minimum Gasteiger partial charge on any atom is -0.357 e. The second-order valence-electron chi connectivity index (χ2n) is 8.91. The Hall–Kier alpha value is -0.620. The molecule has 1 aliphatic rings. The van der Waals surface area contributed by atoms with Crippen molar-refractivity contribution < 1.29 is 13.2 Å². The Bertz CT molecular complexity index is 687. The van der Waals surface area contributed by atoms with E-state index in [0.29, 0.717) is 19.6 Å². The smallest absolute Gasteiger partial charge is 0.357 e. The highest BCUT2D eigenvalue weighted by Gasteiger charge is 2.33. The number of alkyl halides is 3. The first kappa shape index (κ1) is 28.4. The van der Waals surface area contributed by atoms with Crippen LogP contribution < -0.4 is 5.32 Å². The van der Waals surface area contributed by atoms with Crippen molar-refractivity contribution >= 4 is 41.3 Å². The lowest BCUT2D eigenvalue weighted by Crippen LogP contribution is -2.42. The van der Waals surface area contributed by atoms with Gasteiger partial charge in [-0.05, 0) is 25.8 Å². The monoisotopic (exact) mass is 575 g/mol. The molecule has 1 fully saturated rings. The van der Waals surface area contributed by atoms with Crippen LogP contribution >= 0.6 is 35.3 Å². The summed E-state index contributed by atoms with van der Waals surface area (Å²) >= 11 is 1.68. The van der Waals surface area contributed by atoms with Gasteiger partial charge in [-0.2, -0.15) is 13.2 Å². The third-order valence-electron chi connectivity index (χ3n) is 5.19. The molecule has 0 spiro atoms. The Kier molecular flexibility index (Phi) is 11.5. The van der Waals surface area contributed by atoms with Crippen LogP contribution in [-0.4, -0.2) is 72.7 Å². The van der Waals surface area contributed by atoms with Gasteiger partial charge in [-0.3, -0.25) is 9.89 Å². The Morgan fingerprint density at radius 1 is 1.32 bits per heavy atom. The van der Waals surface area contributed by atoms with Gasteiger partial charge in [0.25, 0.3) is 0 Å². The number of hydrogen-bond acceptors (Lipinski definition) is 4. The van der Waals surface area contributed by atoms with Crippen LogP contribution in [0.1, 0.15) is 51.7 Å². The molecular weight excluding hydrogens is 538 g/mol. The molecule has 1 aromatic heterocycles. The quantitative estimate of drug-likeness (QED) is 0.276. The minimum absolute atomic E-state index is 0. The zero-order valence-corrected chi connectivity index (χ0v) is 22.4. The molecular formula is C21H37F3IN5S. The van der Waals surface area contributed by atoms with E-state index in [4.69, 9.17) is 9.98 Å². The number of rotatable bonds is 8. The van der Waals surface area contributed by atoms with Gasteiger partial charge in [0.1, 0.15) is 0 Å². The highest BCUT2D eigenvalue weighted by atomic mass is 127. The number of guanidine groups is 1. The summed E-state index contributed by atoms with van der Waals surface area (Å²) in [5.74, 6) is 1.08. The molecule has 0 aliphatic carbocycles. The summed E-state index contributed by atoms with van der Waals surface area (Å²) in [6.45, 7) is 13.3. The predicted octanol–water partition coefficient (Wildman–Crippen LogP) is 4.77. The molecule has 0 radical (unpaired) electrons. The molecule has 180 valence electrons. The fraction of sp³-hybridized carbons (Fsp3) is 0.810. The lowest BCUT2D eigenvalue weighted by Gasteiger charge is -2.26. The zero-order valence-electron chi connectivity index (χ0n) is 19.3. The number of thiazole rings is 1. The van der Waals surface area contributed by atoms with Crippen molar-refractivity contribution in [1.29, 1.82) is 0 Å². The number of likely N-dealkylation sites (tertiary alicyclic amines) is 1. The number of nitrogens with one attached hydrogen (secondary N) is 1. The second kappa shape index (κ2) is 12.6. The van der Waals surface area contributed by atoms with E-state index in [-0.39, 0.29) is 35.3 Å². The lowest BCUT2D eigenvalue weighted by atomic mass is 9.93. The molecule has 1 unspecified atom stereocenters. The van der Waals surface area contributed by atoms with E-state index in [1.54, 1.807) is 18.3 Å². The van der Waals surface area contributed by atoms with E-state index >= 15 is 0 Å². The first-order chi connectivity index (χ1) is 14.0. The Morgan fingerprint density at radius 3 is 2.58 bits per heavy atom. The summed E-state index contributed by atoms with van der Waals surface area (Å²) in [4.78, 5) is 13.2. The molecule has 0 saturated carbocycles. The van der Waals surface area contributed by atoms with Crippen LogP contribution in [-0.2, 0) is 11.8 Å². The van der Waals surface area contributed by atoms with Gasteiger partial charge in [-0.15, -0.1) is 35.3 Å². The van der Waals surface area contributed by atoms with Gasteiger partial charge >= 0.3 is 6.18 Å². The van der Waals surface area contributed by atoms with Gasteiger partial charge in [-0.1, -0.05) is 27.7 Å². The number of nitrogens with zero attached hydrogens (tertiary/aromatic N) is 4. The molecule has 1 N–H and O–H groups in total.